The lowest BCUT2D eigenvalue weighted by molar-refractivity contribution is 0.415. The molecular formula is C23H17ClN6O2. The highest BCUT2D eigenvalue weighted by Gasteiger charge is 2.17. The Kier molecular flexibility index (Phi) is 5.12. The Morgan fingerprint density at radius 2 is 1.88 bits per heavy atom. The summed E-state index contributed by atoms with van der Waals surface area (Å²) in [5.74, 6) is 1.88. The Morgan fingerprint density at radius 1 is 1.03 bits per heavy atom. The quantitative estimate of drug-likeness (QED) is 0.406. The van der Waals surface area contributed by atoms with Gasteiger partial charge in [0.2, 0.25) is 5.95 Å². The number of hydrogen-bond acceptors (Lipinski definition) is 7. The van der Waals surface area contributed by atoms with Crippen molar-refractivity contribution in [1.29, 1.82) is 0 Å². The highest BCUT2D eigenvalue weighted by molar-refractivity contribution is 6.18. The molecule has 5 rings (SSSR count). The summed E-state index contributed by atoms with van der Waals surface area (Å²) in [7, 11) is 1.62. The van der Waals surface area contributed by atoms with Crippen molar-refractivity contribution in [2.75, 3.05) is 12.4 Å². The van der Waals surface area contributed by atoms with Crippen LogP contribution in [-0.4, -0.2) is 31.7 Å². The van der Waals surface area contributed by atoms with E-state index < -0.39 is 5.56 Å². The number of aromatic nitrogens is 5. The number of halogens is 1. The smallest absolute Gasteiger partial charge is 0.293 e. The van der Waals surface area contributed by atoms with Crippen LogP contribution < -0.4 is 15.6 Å². The number of fused-ring (bicyclic) bond motifs is 3. The molecule has 0 aliphatic carbocycles. The van der Waals surface area contributed by atoms with E-state index in [1.54, 1.807) is 29.8 Å². The lowest BCUT2D eigenvalue weighted by Gasteiger charge is -2.09. The van der Waals surface area contributed by atoms with Crippen LogP contribution in [-0.2, 0) is 5.88 Å². The summed E-state index contributed by atoms with van der Waals surface area (Å²) in [5.41, 5.74) is 2.81. The summed E-state index contributed by atoms with van der Waals surface area (Å²) in [4.78, 5) is 25.7. The van der Waals surface area contributed by atoms with Crippen molar-refractivity contribution >= 4 is 39.8 Å². The average Bonchev–Trinajstić information content (AvgIpc) is 3.19. The van der Waals surface area contributed by atoms with Crippen LogP contribution in [0.3, 0.4) is 0 Å². The second-order valence-corrected chi connectivity index (χ2v) is 7.22. The maximum atomic E-state index is 12.4. The molecule has 0 aliphatic rings. The van der Waals surface area contributed by atoms with Crippen LogP contribution in [0.5, 0.6) is 5.75 Å². The van der Waals surface area contributed by atoms with Crippen LogP contribution in [0.2, 0.25) is 0 Å². The Labute approximate surface area is 187 Å². The molecule has 0 fully saturated rings. The number of hydrogen-bond donors (Lipinski definition) is 1. The number of nitrogens with one attached hydrogen (secondary N) is 1. The molecule has 1 N–H and O–H groups in total. The van der Waals surface area contributed by atoms with Crippen molar-refractivity contribution in [3.63, 3.8) is 0 Å². The first kappa shape index (κ1) is 19.9. The average molecular weight is 445 g/mol. The van der Waals surface area contributed by atoms with Gasteiger partial charge >= 0.3 is 0 Å². The van der Waals surface area contributed by atoms with Crippen LogP contribution in [0.25, 0.3) is 27.9 Å². The van der Waals surface area contributed by atoms with Gasteiger partial charge in [0, 0.05) is 23.0 Å². The lowest BCUT2D eigenvalue weighted by atomic mass is 10.1. The van der Waals surface area contributed by atoms with E-state index in [-0.39, 0.29) is 11.6 Å². The van der Waals surface area contributed by atoms with Gasteiger partial charge < -0.3 is 10.1 Å². The molecule has 0 unspecified atom stereocenters. The number of nitrogens with zero attached hydrogens (tertiary/aromatic N) is 5. The van der Waals surface area contributed by atoms with Gasteiger partial charge in [-0.15, -0.1) is 16.7 Å². The number of alkyl halides is 1. The highest BCUT2D eigenvalue weighted by atomic mass is 35.5. The maximum absolute atomic E-state index is 12.4. The van der Waals surface area contributed by atoms with Crippen LogP contribution in [0.4, 0.5) is 11.6 Å². The van der Waals surface area contributed by atoms with Gasteiger partial charge in [0.15, 0.2) is 11.5 Å². The lowest BCUT2D eigenvalue weighted by Crippen LogP contribution is -2.12. The zero-order valence-electron chi connectivity index (χ0n) is 17.0. The van der Waals surface area contributed by atoms with Crippen molar-refractivity contribution in [3.05, 3.63) is 82.8 Å². The fraction of sp³-hybridized carbons (Fsp3) is 0.0870. The van der Waals surface area contributed by atoms with Gasteiger partial charge in [0.05, 0.1) is 12.6 Å². The maximum Gasteiger partial charge on any atom is 0.293 e. The van der Waals surface area contributed by atoms with Crippen molar-refractivity contribution < 1.29 is 4.74 Å². The first-order valence-electron chi connectivity index (χ1n) is 9.79. The molecule has 158 valence electrons. The Balaban J connectivity index is 1.76. The predicted octanol–water partition coefficient (Wildman–Crippen LogP) is 4.19. The predicted molar refractivity (Wildman–Crippen MR) is 124 cm³/mol. The van der Waals surface area contributed by atoms with Crippen molar-refractivity contribution in [2.24, 2.45) is 0 Å². The Hall–Kier alpha value is -4.04. The van der Waals surface area contributed by atoms with Crippen molar-refractivity contribution in [2.45, 2.75) is 5.88 Å². The van der Waals surface area contributed by atoms with E-state index in [4.69, 9.17) is 26.3 Å². The molecule has 32 heavy (non-hydrogen) atoms. The van der Waals surface area contributed by atoms with E-state index in [1.807, 2.05) is 42.5 Å². The summed E-state index contributed by atoms with van der Waals surface area (Å²) in [6.45, 7) is 0. The number of methoxy groups -OCH3 is 1. The summed E-state index contributed by atoms with van der Waals surface area (Å²) in [6.07, 6.45) is 1.44. The van der Waals surface area contributed by atoms with Gasteiger partial charge in [0.1, 0.15) is 11.4 Å². The van der Waals surface area contributed by atoms with E-state index in [1.165, 1.54) is 6.20 Å². The van der Waals surface area contributed by atoms with Gasteiger partial charge in [-0.2, -0.15) is 4.52 Å². The second-order valence-electron chi connectivity index (χ2n) is 6.96. The van der Waals surface area contributed by atoms with Crippen molar-refractivity contribution in [3.8, 4) is 17.1 Å². The number of benzene rings is 2. The van der Waals surface area contributed by atoms with Gasteiger partial charge in [-0.1, -0.05) is 18.2 Å². The van der Waals surface area contributed by atoms with E-state index >= 15 is 0 Å². The first-order valence-corrected chi connectivity index (χ1v) is 10.3. The molecule has 2 aromatic carbocycles. The molecule has 3 heterocycles. The fourth-order valence-corrected chi connectivity index (χ4v) is 3.63. The topological polar surface area (TPSA) is 94.3 Å². The SMILES string of the molecule is COc1ccc(-c2nc3c4cccc(CCl)c4nc(Nc4ccccnc4=O)n3n2)cc1. The number of rotatable bonds is 5. The molecule has 5 aromatic rings. The van der Waals surface area contributed by atoms with Gasteiger partial charge in [-0.05, 0) is 48.0 Å². The molecule has 0 aliphatic heterocycles. The third kappa shape index (κ3) is 3.50. The molecule has 0 radical (unpaired) electrons. The number of anilines is 2. The third-order valence-corrected chi connectivity index (χ3v) is 5.29. The van der Waals surface area contributed by atoms with E-state index in [0.717, 1.165) is 22.3 Å². The monoisotopic (exact) mass is 444 g/mol. The van der Waals surface area contributed by atoms with Crippen LogP contribution in [0.1, 0.15) is 5.56 Å². The third-order valence-electron chi connectivity index (χ3n) is 5.01. The van der Waals surface area contributed by atoms with Crippen LogP contribution in [0, 0.1) is 0 Å². The zero-order valence-corrected chi connectivity index (χ0v) is 17.7. The molecule has 0 spiro atoms. The molecule has 0 bridgehead atoms. The first-order chi connectivity index (χ1) is 15.7. The molecule has 0 atom stereocenters. The van der Waals surface area contributed by atoms with Gasteiger partial charge in [0.25, 0.3) is 5.56 Å². The van der Waals surface area contributed by atoms with Crippen LogP contribution in [0.15, 0.2) is 71.7 Å². The number of ether oxygens (including phenoxy) is 1. The molecule has 8 nitrogen and oxygen atoms in total. The second kappa shape index (κ2) is 8.24. The molecule has 3 aromatic heterocycles. The highest BCUT2D eigenvalue weighted by Crippen LogP contribution is 2.28. The van der Waals surface area contributed by atoms with Crippen LogP contribution >= 0.6 is 11.6 Å². The molecule has 0 saturated carbocycles. The minimum Gasteiger partial charge on any atom is -0.497 e. The Bertz CT molecular complexity index is 1500. The normalized spacial score (nSPS) is 11.1. The summed E-state index contributed by atoms with van der Waals surface area (Å²) >= 11 is 6.17. The molecule has 9 heteroatoms. The minimum atomic E-state index is -0.411. The largest absolute Gasteiger partial charge is 0.497 e. The standard InChI is InChI=1S/C23H17ClN6O2/c1-32-16-10-8-14(9-11-16)20-28-21-17-6-4-5-15(13-24)19(17)27-23(30(21)29-20)26-18-7-2-3-12-25-22(18)31/h2-12H,13H2,1H3,(H,25,26,27,31). The fourth-order valence-electron chi connectivity index (χ4n) is 3.41. The molecule has 0 saturated heterocycles. The van der Waals surface area contributed by atoms with Crippen molar-refractivity contribution in [1.82, 2.24) is 24.6 Å². The summed E-state index contributed by atoms with van der Waals surface area (Å²) in [5, 5.41) is 8.55. The Morgan fingerprint density at radius 3 is 2.66 bits per heavy atom. The number of para-hydroxylation sites is 1. The van der Waals surface area contributed by atoms with Gasteiger partial charge in [-0.3, -0.25) is 4.79 Å². The van der Waals surface area contributed by atoms with Gasteiger partial charge in [-0.25, -0.2) is 15.0 Å². The van der Waals surface area contributed by atoms with E-state index in [9.17, 15) is 4.79 Å². The summed E-state index contributed by atoms with van der Waals surface area (Å²) in [6, 6.07) is 18.3. The minimum absolute atomic E-state index is 0.271. The summed E-state index contributed by atoms with van der Waals surface area (Å²) < 4.78 is 6.83. The zero-order chi connectivity index (χ0) is 22.1. The van der Waals surface area contributed by atoms with E-state index in [2.05, 4.69) is 15.4 Å². The van der Waals surface area contributed by atoms with E-state index in [0.29, 0.717) is 22.9 Å². The molecule has 0 amide bonds. The molecular weight excluding hydrogens is 428 g/mol.